The van der Waals surface area contributed by atoms with E-state index in [1.54, 1.807) is 0 Å². The third-order valence-electron chi connectivity index (χ3n) is 4.92. The highest BCUT2D eigenvalue weighted by molar-refractivity contribution is 6.06. The molecule has 0 aliphatic carbocycles. The highest BCUT2D eigenvalue weighted by Gasteiger charge is 2.42. The van der Waals surface area contributed by atoms with E-state index in [2.05, 4.69) is 10.1 Å². The lowest BCUT2D eigenvalue weighted by molar-refractivity contribution is -0.137. The fourth-order valence-corrected chi connectivity index (χ4v) is 3.33. The Hall–Kier alpha value is -4.93. The standard InChI is InChI=1S/C27H27F3N6O5/c1-25(2,3)40-23(38)35(20-9-7-8-18(14-20)27(28,29)30)36(24(39)41-26(4,5)6)22(37)21-32-16-33-34(21)19-12-10-17(15-31)11-13-19/h7-14,16H,1-6H3. The number of imide groups is 1. The summed E-state index contributed by atoms with van der Waals surface area (Å²) < 4.78 is 52.6. The molecule has 0 aliphatic heterocycles. The fraction of sp³-hybridized carbons (Fsp3) is 0.333. The zero-order chi connectivity index (χ0) is 30.8. The predicted molar refractivity (Wildman–Crippen MR) is 139 cm³/mol. The van der Waals surface area contributed by atoms with Gasteiger partial charge in [0.05, 0.1) is 28.6 Å². The summed E-state index contributed by atoms with van der Waals surface area (Å²) >= 11 is 0. The summed E-state index contributed by atoms with van der Waals surface area (Å²) in [6.07, 6.45) is -6.56. The van der Waals surface area contributed by atoms with Crippen LogP contribution in [0.1, 0.15) is 63.3 Å². The number of rotatable bonds is 3. The minimum absolute atomic E-state index is 0.207. The molecule has 0 bridgehead atoms. The van der Waals surface area contributed by atoms with E-state index >= 15 is 0 Å². The van der Waals surface area contributed by atoms with Crippen molar-refractivity contribution in [1.29, 1.82) is 5.26 Å². The molecule has 2 aromatic carbocycles. The molecule has 0 aliphatic rings. The third-order valence-corrected chi connectivity index (χ3v) is 4.92. The van der Waals surface area contributed by atoms with Crippen LogP contribution in [0.3, 0.4) is 0 Å². The number of hydrogen-bond acceptors (Lipinski definition) is 8. The molecule has 1 heterocycles. The Morgan fingerprint density at radius 1 is 0.902 bits per heavy atom. The van der Waals surface area contributed by atoms with E-state index in [9.17, 15) is 27.6 Å². The number of amides is 3. The van der Waals surface area contributed by atoms with Crippen molar-refractivity contribution in [2.45, 2.75) is 58.9 Å². The van der Waals surface area contributed by atoms with Crippen molar-refractivity contribution in [3.8, 4) is 11.8 Å². The lowest BCUT2D eigenvalue weighted by Crippen LogP contribution is -2.56. The van der Waals surface area contributed by atoms with Crippen molar-refractivity contribution in [2.75, 3.05) is 5.01 Å². The summed E-state index contributed by atoms with van der Waals surface area (Å²) in [7, 11) is 0. The van der Waals surface area contributed by atoms with Gasteiger partial charge in [0.15, 0.2) is 0 Å². The van der Waals surface area contributed by atoms with E-state index in [1.165, 1.54) is 65.8 Å². The molecule has 11 nitrogen and oxygen atoms in total. The van der Waals surface area contributed by atoms with Gasteiger partial charge in [0.25, 0.3) is 0 Å². The molecule has 0 fully saturated rings. The van der Waals surface area contributed by atoms with Crippen LogP contribution in [0.25, 0.3) is 5.69 Å². The summed E-state index contributed by atoms with van der Waals surface area (Å²) in [5.74, 6) is -1.77. The molecule has 3 amide bonds. The molecular weight excluding hydrogens is 545 g/mol. The first-order chi connectivity index (χ1) is 18.9. The van der Waals surface area contributed by atoms with E-state index in [-0.39, 0.29) is 10.7 Å². The number of halogens is 3. The van der Waals surface area contributed by atoms with E-state index in [1.807, 2.05) is 6.07 Å². The number of hydrogen-bond donors (Lipinski definition) is 0. The molecule has 41 heavy (non-hydrogen) atoms. The van der Waals surface area contributed by atoms with Crippen LogP contribution in [-0.2, 0) is 15.7 Å². The number of nitriles is 1. The average molecular weight is 573 g/mol. The number of hydrazine groups is 1. The molecule has 0 radical (unpaired) electrons. The number of nitrogens with zero attached hydrogens (tertiary/aromatic N) is 6. The molecule has 1 aromatic heterocycles. The van der Waals surface area contributed by atoms with Gasteiger partial charge in [-0.25, -0.2) is 19.3 Å². The minimum atomic E-state index is -4.81. The van der Waals surface area contributed by atoms with Gasteiger partial charge < -0.3 is 9.47 Å². The lowest BCUT2D eigenvalue weighted by atomic mass is 10.2. The Morgan fingerprint density at radius 3 is 2.02 bits per heavy atom. The van der Waals surface area contributed by atoms with Gasteiger partial charge in [-0.15, -0.1) is 5.01 Å². The summed E-state index contributed by atoms with van der Waals surface area (Å²) in [4.78, 5) is 44.9. The van der Waals surface area contributed by atoms with E-state index in [0.717, 1.165) is 29.2 Å². The second-order valence-corrected chi connectivity index (χ2v) is 10.6. The Kier molecular flexibility index (Phi) is 8.42. The maximum atomic E-state index is 14.0. The minimum Gasteiger partial charge on any atom is -0.442 e. The van der Waals surface area contributed by atoms with Crippen molar-refractivity contribution in [2.24, 2.45) is 0 Å². The van der Waals surface area contributed by atoms with Gasteiger partial charge in [-0.2, -0.15) is 28.5 Å². The number of ether oxygens (including phenoxy) is 2. The molecule has 0 N–H and O–H groups in total. The Morgan fingerprint density at radius 2 is 1.49 bits per heavy atom. The van der Waals surface area contributed by atoms with Gasteiger partial charge in [-0.05, 0) is 84.0 Å². The summed E-state index contributed by atoms with van der Waals surface area (Å²) in [6, 6.07) is 11.2. The van der Waals surface area contributed by atoms with Crippen LogP contribution in [0, 0.1) is 11.3 Å². The molecular formula is C27H27F3N6O5. The normalized spacial score (nSPS) is 11.8. The maximum Gasteiger partial charge on any atom is 0.437 e. The van der Waals surface area contributed by atoms with Crippen LogP contribution in [0.2, 0.25) is 0 Å². The molecule has 3 aromatic rings. The topological polar surface area (TPSA) is 131 Å². The van der Waals surface area contributed by atoms with E-state index in [4.69, 9.17) is 14.7 Å². The van der Waals surface area contributed by atoms with Crippen LogP contribution in [0.4, 0.5) is 28.4 Å². The van der Waals surface area contributed by atoms with Crippen LogP contribution < -0.4 is 5.01 Å². The number of carbonyl (C=O) groups is 3. The average Bonchev–Trinajstić information content (AvgIpc) is 3.34. The van der Waals surface area contributed by atoms with Gasteiger partial charge in [0, 0.05) is 0 Å². The summed E-state index contributed by atoms with van der Waals surface area (Å²) in [6.45, 7) is 8.97. The van der Waals surface area contributed by atoms with Crippen LogP contribution in [-0.4, -0.2) is 49.1 Å². The van der Waals surface area contributed by atoms with Gasteiger partial charge in [-0.3, -0.25) is 4.79 Å². The van der Waals surface area contributed by atoms with Crippen molar-refractivity contribution in [3.05, 3.63) is 71.8 Å². The monoisotopic (exact) mass is 572 g/mol. The lowest BCUT2D eigenvalue weighted by Gasteiger charge is -2.35. The first-order valence-corrected chi connectivity index (χ1v) is 12.1. The number of anilines is 1. The Labute approximate surface area is 233 Å². The van der Waals surface area contributed by atoms with Gasteiger partial charge >= 0.3 is 24.3 Å². The van der Waals surface area contributed by atoms with Gasteiger partial charge in [-0.1, -0.05) is 6.07 Å². The SMILES string of the molecule is CC(C)(C)OC(=O)N(C(=O)c1ncnn1-c1ccc(C#N)cc1)N(C(=O)OC(C)(C)C)c1cccc(C(F)(F)F)c1. The van der Waals surface area contributed by atoms with Crippen LogP contribution in [0.5, 0.6) is 0 Å². The zero-order valence-electron chi connectivity index (χ0n) is 23.1. The molecule has 0 unspecified atom stereocenters. The van der Waals surface area contributed by atoms with Crippen LogP contribution >= 0.6 is 0 Å². The summed E-state index contributed by atoms with van der Waals surface area (Å²) in [5.41, 5.74) is -3.46. The number of carbonyl (C=O) groups excluding carboxylic acids is 3. The second kappa shape index (κ2) is 11.3. The van der Waals surface area contributed by atoms with Gasteiger partial charge in [0.1, 0.15) is 17.5 Å². The molecule has 0 spiro atoms. The Bertz CT molecular complexity index is 1480. The first kappa shape index (κ1) is 30.6. The number of benzene rings is 2. The molecule has 0 atom stereocenters. The van der Waals surface area contributed by atoms with Crippen molar-refractivity contribution in [3.63, 3.8) is 0 Å². The summed E-state index contributed by atoms with van der Waals surface area (Å²) in [5, 5.41) is 13.6. The molecule has 216 valence electrons. The number of aromatic nitrogens is 3. The molecule has 0 saturated heterocycles. The highest BCUT2D eigenvalue weighted by Crippen LogP contribution is 2.33. The third kappa shape index (κ3) is 7.59. The molecule has 3 rings (SSSR count). The first-order valence-electron chi connectivity index (χ1n) is 12.1. The smallest absolute Gasteiger partial charge is 0.437 e. The molecule has 14 heteroatoms. The number of alkyl halides is 3. The highest BCUT2D eigenvalue weighted by atomic mass is 19.4. The van der Waals surface area contributed by atoms with Crippen molar-refractivity contribution >= 4 is 23.8 Å². The zero-order valence-corrected chi connectivity index (χ0v) is 23.1. The van der Waals surface area contributed by atoms with Crippen molar-refractivity contribution in [1.82, 2.24) is 19.8 Å². The van der Waals surface area contributed by atoms with E-state index in [0.29, 0.717) is 16.6 Å². The quantitative estimate of drug-likeness (QED) is 0.355. The fourth-order valence-electron chi connectivity index (χ4n) is 3.33. The second-order valence-electron chi connectivity index (χ2n) is 10.6. The van der Waals surface area contributed by atoms with Crippen LogP contribution in [0.15, 0.2) is 54.9 Å². The predicted octanol–water partition coefficient (Wildman–Crippen LogP) is 5.89. The largest absolute Gasteiger partial charge is 0.442 e. The Balaban J connectivity index is 2.24. The van der Waals surface area contributed by atoms with Gasteiger partial charge in [0.2, 0.25) is 5.82 Å². The molecule has 0 saturated carbocycles. The van der Waals surface area contributed by atoms with E-state index < -0.39 is 52.5 Å². The van der Waals surface area contributed by atoms with Crippen molar-refractivity contribution < 1.29 is 37.0 Å². The maximum absolute atomic E-state index is 14.0.